The minimum atomic E-state index is 0. The summed E-state index contributed by atoms with van der Waals surface area (Å²) in [6.45, 7) is 0. The van der Waals surface area contributed by atoms with Crippen LogP contribution in [-0.4, -0.2) is 0 Å². The van der Waals surface area contributed by atoms with Gasteiger partial charge in [0.2, 0.25) is 0 Å². The van der Waals surface area contributed by atoms with Crippen LogP contribution in [0.5, 0.6) is 0 Å². The quantitative estimate of drug-likeness (QED) is 0.470. The fraction of sp³-hybridized carbons (Fsp3) is 0. The van der Waals surface area contributed by atoms with E-state index in [1.807, 2.05) is 0 Å². The van der Waals surface area contributed by atoms with Crippen molar-refractivity contribution in [3.05, 3.63) is 0 Å². The molecule has 0 nitrogen and oxygen atoms in total. The van der Waals surface area contributed by atoms with Crippen LogP contribution in [0, 0.1) is 0 Å². The fourth-order valence-corrected chi connectivity index (χ4v) is 0. The summed E-state index contributed by atoms with van der Waals surface area (Å²) < 4.78 is 1.02. The summed E-state index contributed by atoms with van der Waals surface area (Å²) in [7, 11) is 0. The first-order valence-electron chi connectivity index (χ1n) is 0.378. The van der Waals surface area contributed by atoms with Crippen molar-refractivity contribution in [2.75, 3.05) is 0 Å². The van der Waals surface area contributed by atoms with Crippen molar-refractivity contribution in [1.82, 2.24) is 0 Å². The van der Waals surface area contributed by atoms with Crippen LogP contribution in [0.25, 0.3) is 0 Å². The Morgan fingerprint density at radius 3 is 1.25 bits per heavy atom. The smallest absolute Gasteiger partial charge is 0.0103 e. The molecule has 0 saturated heterocycles. The van der Waals surface area contributed by atoms with E-state index in [2.05, 4.69) is 44.1 Å². The summed E-state index contributed by atoms with van der Waals surface area (Å²) in [6.07, 6.45) is 0. The van der Waals surface area contributed by atoms with Gasteiger partial charge in [-0.1, -0.05) is 0 Å². The van der Waals surface area contributed by atoms with Crippen LogP contribution in [0.15, 0.2) is 0 Å². The van der Waals surface area contributed by atoms with Gasteiger partial charge in [0.05, 0.1) is 0 Å². The molecule has 0 saturated carbocycles. The van der Waals surface area contributed by atoms with E-state index < -0.39 is 0 Å². The molecule has 0 aromatic rings. The number of hydrogen-bond acceptors (Lipinski definition) is 0. The molecule has 0 rings (SSSR count). The summed E-state index contributed by atoms with van der Waals surface area (Å²) in [5.41, 5.74) is 0. The van der Waals surface area contributed by atoms with E-state index in [9.17, 15) is 0 Å². The molecule has 0 heterocycles. The van der Waals surface area contributed by atoms with Crippen molar-refractivity contribution in [2.24, 2.45) is 0 Å². The molecular weight excluding hydrogens is 336 g/mol. The van der Waals surface area contributed by atoms with Crippen molar-refractivity contribution < 1.29 is 18.6 Å². The van der Waals surface area contributed by atoms with Gasteiger partial charge in [0.25, 0.3) is 0 Å². The van der Waals surface area contributed by atoms with Gasteiger partial charge in [-0.25, -0.2) is 0 Å². The van der Waals surface area contributed by atoms with Gasteiger partial charge in [-0.2, -0.15) is 0 Å². The zero-order valence-electron chi connectivity index (χ0n) is 1.70. The normalized spacial score (nSPS) is 4.50. The van der Waals surface area contributed by atoms with Gasteiger partial charge in [-0.3, -0.25) is 0 Å². The van der Waals surface area contributed by atoms with Crippen LogP contribution in [0.3, 0.4) is 0 Å². The van der Waals surface area contributed by atoms with Crippen molar-refractivity contribution in [3.63, 3.8) is 0 Å². The second-order valence-electron chi connectivity index (χ2n) is 0.0714. The summed E-state index contributed by atoms with van der Waals surface area (Å²) in [6, 6.07) is 0. The van der Waals surface area contributed by atoms with Gasteiger partial charge >= 0.3 is 0 Å². The summed E-state index contributed by atoms with van der Waals surface area (Å²) in [5.74, 6) is 0. The third kappa shape index (κ3) is 8.82. The second-order valence-corrected chi connectivity index (χ2v) is 9.64. The molecule has 0 unspecified atom stereocenters. The summed E-state index contributed by atoms with van der Waals surface area (Å²) in [4.78, 5) is 0. The average molecular weight is 337 g/mol. The number of rotatable bonds is 0. The maximum atomic E-state index is 2.30. The van der Waals surface area contributed by atoms with Crippen LogP contribution in [-0.2, 0) is 18.6 Å². The Balaban J connectivity index is 0. The summed E-state index contributed by atoms with van der Waals surface area (Å²) >= 11 is 4.61. The van der Waals surface area contributed by atoms with Crippen molar-refractivity contribution in [1.29, 1.82) is 0 Å². The zero-order valence-corrected chi connectivity index (χ0v) is 8.41. The van der Waals surface area contributed by atoms with Crippen molar-refractivity contribution >= 4 is 47.9 Å². The maximum absolute atomic E-state index is 2.30. The molecule has 0 N–H and O–H groups in total. The van der Waals surface area contributed by atoms with Gasteiger partial charge < -0.3 is 0 Å². The van der Waals surface area contributed by atoms with Crippen molar-refractivity contribution in [2.45, 2.75) is 0 Å². The second kappa shape index (κ2) is 9.08. The molecule has 4 heavy (non-hydrogen) atoms. The molecule has 0 amide bonds. The van der Waals surface area contributed by atoms with E-state index in [0.717, 1.165) is 3.87 Å². The van der Waals surface area contributed by atoms with Gasteiger partial charge in [0.15, 0.2) is 0 Å². The van der Waals surface area contributed by atoms with Crippen LogP contribution in [0.4, 0.5) is 0 Å². The van der Waals surface area contributed by atoms with Gasteiger partial charge in [0, 0.05) is 22.4 Å². The third-order valence-corrected chi connectivity index (χ3v) is 0. The van der Waals surface area contributed by atoms with E-state index >= 15 is 0 Å². The molecule has 0 aliphatic heterocycles. The van der Waals surface area contributed by atoms with Crippen LogP contribution < -0.4 is 0 Å². The topological polar surface area (TPSA) is 0 Å². The molecule has 0 atom stereocenters. The molecule has 0 aromatic carbocycles. The Labute approximate surface area is 65.5 Å². The Morgan fingerprint density at radius 2 is 1.25 bits per heavy atom. The fourth-order valence-electron chi connectivity index (χ4n) is 0. The van der Waals surface area contributed by atoms with Gasteiger partial charge in [-0.05, 0) is 44.1 Å². The van der Waals surface area contributed by atoms with Gasteiger partial charge in [-0.15, -0.1) is 0 Å². The molecule has 4 heteroatoms. The third-order valence-electron chi connectivity index (χ3n) is 0. The molecule has 0 fully saturated rings. The van der Waals surface area contributed by atoms with Gasteiger partial charge in [0.1, 0.15) is 0 Å². The van der Waals surface area contributed by atoms with E-state index in [0.29, 0.717) is 0 Å². The van der Waals surface area contributed by atoms with E-state index in [1.165, 1.54) is 0 Å². The monoisotopic (exact) mass is 337 g/mol. The van der Waals surface area contributed by atoms with Crippen LogP contribution in [0.1, 0.15) is 0 Å². The summed E-state index contributed by atoms with van der Waals surface area (Å²) in [5, 5.41) is 0. The van der Waals surface area contributed by atoms with Crippen molar-refractivity contribution in [3.8, 4) is 0 Å². The van der Waals surface area contributed by atoms with E-state index in [1.54, 1.807) is 0 Å². The Morgan fingerprint density at radius 1 is 1.25 bits per heavy atom. The minimum Gasteiger partial charge on any atom is -0.0452 e. The molecular formula is HI2PV. The SMILES string of the molecule is IPI.[V]. The standard InChI is InChI=1S/HI2P.V/c1-3-2;/h3H;. The first-order valence-corrected chi connectivity index (χ1v) is 7.61. The first-order chi connectivity index (χ1) is 1.41. The minimum absolute atomic E-state index is 0. The molecule has 0 aromatic heterocycles. The molecule has 0 bridgehead atoms. The molecule has 0 aliphatic carbocycles. The Kier molecular flexibility index (Phi) is 22.0. The van der Waals surface area contributed by atoms with Crippen LogP contribution in [0.2, 0.25) is 0 Å². The zero-order chi connectivity index (χ0) is 2.71. The van der Waals surface area contributed by atoms with E-state index in [-0.39, 0.29) is 18.6 Å². The average Bonchev–Trinajstić information content (AvgIpc) is 0.918. The van der Waals surface area contributed by atoms with E-state index in [4.69, 9.17) is 0 Å². The Bertz CT molecular complexity index is 6.00. The molecule has 0 aliphatic rings. The number of halogens is 2. The Hall–Kier alpha value is 2.47. The predicted molar refractivity (Wildman–Crippen MR) is 36.4 cm³/mol. The first kappa shape index (κ1) is 9.69. The van der Waals surface area contributed by atoms with Crippen LogP contribution >= 0.6 is 47.9 Å². The number of hydrogen-bond donors (Lipinski definition) is 0. The maximum Gasteiger partial charge on any atom is 0.0103 e. The largest absolute Gasteiger partial charge is 0.0452 e. The molecule has 1 radical (unpaired) electrons. The molecule has 25 valence electrons. The molecule has 0 spiro atoms. The predicted octanol–water partition coefficient (Wildman–Crippen LogP) is 2.36.